The van der Waals surface area contributed by atoms with Crippen LogP contribution in [0, 0.1) is 0 Å². The predicted molar refractivity (Wildman–Crippen MR) is 69.2 cm³/mol. The van der Waals surface area contributed by atoms with Gasteiger partial charge in [0.15, 0.2) is 0 Å². The molecular formula is C13H21NO3S. The van der Waals surface area contributed by atoms with Crippen molar-refractivity contribution >= 4 is 15.6 Å². The van der Waals surface area contributed by atoms with Crippen LogP contribution in [0.4, 0.5) is 0 Å². The van der Waals surface area contributed by atoms with Crippen molar-refractivity contribution in [1.82, 2.24) is 4.90 Å². The summed E-state index contributed by atoms with van der Waals surface area (Å²) in [6.45, 7) is 0. The third-order valence-corrected chi connectivity index (χ3v) is 6.51. The van der Waals surface area contributed by atoms with Crippen molar-refractivity contribution < 1.29 is 13.2 Å². The first kappa shape index (κ1) is 12.6. The van der Waals surface area contributed by atoms with Crippen molar-refractivity contribution in [3.63, 3.8) is 0 Å². The van der Waals surface area contributed by atoms with Crippen LogP contribution in [-0.4, -0.2) is 48.7 Å². The summed E-state index contributed by atoms with van der Waals surface area (Å²) in [6, 6.07) is 1.20. The van der Waals surface area contributed by atoms with Gasteiger partial charge in [-0.15, -0.1) is 0 Å². The Labute approximate surface area is 109 Å². The zero-order chi connectivity index (χ0) is 12.8. The highest BCUT2D eigenvalue weighted by Gasteiger charge is 2.42. The Kier molecular flexibility index (Phi) is 3.22. The molecule has 3 saturated heterocycles. The molecule has 0 N–H and O–H groups in total. The highest BCUT2D eigenvalue weighted by Crippen LogP contribution is 2.36. The Balaban J connectivity index is 1.74. The molecule has 0 saturated carbocycles. The van der Waals surface area contributed by atoms with E-state index in [1.54, 1.807) is 0 Å². The Bertz CT molecular complexity index is 415. The van der Waals surface area contributed by atoms with E-state index in [1.165, 1.54) is 6.42 Å². The van der Waals surface area contributed by atoms with Gasteiger partial charge in [0.05, 0.1) is 11.5 Å². The third kappa shape index (κ3) is 2.35. The molecule has 0 aromatic rings. The minimum Gasteiger partial charge on any atom is -0.300 e. The standard InChI is InChI=1S/C13H21NO3S/c15-13-8-11-2-1-3-12(9-13)14(11)10-4-6-18(16,17)7-5-10/h10-12H,1-9H2. The van der Waals surface area contributed by atoms with Crippen LogP contribution in [0.3, 0.4) is 0 Å². The van der Waals surface area contributed by atoms with Crippen molar-refractivity contribution in [2.24, 2.45) is 0 Å². The normalized spacial score (nSPS) is 37.7. The van der Waals surface area contributed by atoms with Crippen LogP contribution in [0.2, 0.25) is 0 Å². The van der Waals surface area contributed by atoms with Gasteiger partial charge in [0.1, 0.15) is 15.6 Å². The molecule has 0 amide bonds. The molecule has 3 rings (SSSR count). The fourth-order valence-electron chi connectivity index (χ4n) is 3.98. The molecule has 3 heterocycles. The Morgan fingerprint density at radius 1 is 0.889 bits per heavy atom. The van der Waals surface area contributed by atoms with Crippen LogP contribution in [0.5, 0.6) is 0 Å². The third-order valence-electron chi connectivity index (χ3n) is 4.79. The van der Waals surface area contributed by atoms with E-state index in [9.17, 15) is 13.2 Å². The lowest BCUT2D eigenvalue weighted by Gasteiger charge is -2.50. The fraction of sp³-hybridized carbons (Fsp3) is 0.923. The molecule has 0 radical (unpaired) electrons. The number of hydrogen-bond donors (Lipinski definition) is 0. The zero-order valence-electron chi connectivity index (χ0n) is 10.7. The lowest BCUT2D eigenvalue weighted by atomic mass is 9.82. The summed E-state index contributed by atoms with van der Waals surface area (Å²) in [5.41, 5.74) is 0. The minimum atomic E-state index is -2.78. The van der Waals surface area contributed by atoms with Crippen molar-refractivity contribution in [3.05, 3.63) is 0 Å². The van der Waals surface area contributed by atoms with Crippen molar-refractivity contribution in [1.29, 1.82) is 0 Å². The van der Waals surface area contributed by atoms with Crippen LogP contribution < -0.4 is 0 Å². The molecule has 0 aliphatic carbocycles. The topological polar surface area (TPSA) is 54.5 Å². The van der Waals surface area contributed by atoms with Crippen molar-refractivity contribution in [3.8, 4) is 0 Å². The Hall–Kier alpha value is -0.420. The predicted octanol–water partition coefficient (Wildman–Crippen LogP) is 1.15. The number of piperidine rings is 2. The number of carbonyl (C=O) groups is 1. The maximum absolute atomic E-state index is 11.7. The van der Waals surface area contributed by atoms with Crippen molar-refractivity contribution in [2.75, 3.05) is 11.5 Å². The van der Waals surface area contributed by atoms with Gasteiger partial charge in [-0.05, 0) is 25.7 Å². The number of Topliss-reactive ketones (excluding diaryl/α,β-unsaturated/α-hetero) is 1. The van der Waals surface area contributed by atoms with Crippen LogP contribution >= 0.6 is 0 Å². The number of fused-ring (bicyclic) bond motifs is 2. The van der Waals surface area contributed by atoms with E-state index in [1.807, 2.05) is 0 Å². The maximum Gasteiger partial charge on any atom is 0.150 e. The van der Waals surface area contributed by atoms with E-state index in [-0.39, 0.29) is 0 Å². The summed E-state index contributed by atoms with van der Waals surface area (Å²) < 4.78 is 23.0. The van der Waals surface area contributed by atoms with Gasteiger partial charge in [-0.2, -0.15) is 0 Å². The van der Waals surface area contributed by atoms with Crippen molar-refractivity contribution in [2.45, 2.75) is 63.1 Å². The molecule has 0 spiro atoms. The summed E-state index contributed by atoms with van der Waals surface area (Å²) in [6.07, 6.45) is 6.38. The van der Waals surface area contributed by atoms with E-state index in [2.05, 4.69) is 4.90 Å². The number of nitrogens with zero attached hydrogens (tertiary/aromatic N) is 1. The molecule has 102 valence electrons. The SMILES string of the molecule is O=C1CC2CCCC(C1)N2C1CCS(=O)(=O)CC1. The van der Waals surface area contributed by atoms with Gasteiger partial charge in [-0.25, -0.2) is 8.42 Å². The molecule has 3 aliphatic rings. The summed E-state index contributed by atoms with van der Waals surface area (Å²) in [5.74, 6) is 1.08. The summed E-state index contributed by atoms with van der Waals surface area (Å²) in [4.78, 5) is 14.2. The largest absolute Gasteiger partial charge is 0.300 e. The quantitative estimate of drug-likeness (QED) is 0.718. The Morgan fingerprint density at radius 3 is 2.00 bits per heavy atom. The van der Waals surface area contributed by atoms with Crippen LogP contribution in [0.1, 0.15) is 44.9 Å². The molecule has 3 fully saturated rings. The second-order valence-electron chi connectivity index (χ2n) is 6.02. The molecule has 3 aliphatic heterocycles. The molecule has 0 aromatic heterocycles. The smallest absolute Gasteiger partial charge is 0.150 e. The van der Waals surface area contributed by atoms with E-state index in [4.69, 9.17) is 0 Å². The second kappa shape index (κ2) is 4.60. The molecule has 2 bridgehead atoms. The monoisotopic (exact) mass is 271 g/mol. The first-order valence-corrected chi connectivity index (χ1v) is 8.87. The average molecular weight is 271 g/mol. The Morgan fingerprint density at radius 2 is 1.44 bits per heavy atom. The molecule has 2 atom stereocenters. The van der Waals surface area contributed by atoms with E-state index in [0.29, 0.717) is 48.3 Å². The molecule has 5 heteroatoms. The molecule has 4 nitrogen and oxygen atoms in total. The summed E-state index contributed by atoms with van der Waals surface area (Å²) in [7, 11) is -2.78. The molecule has 2 unspecified atom stereocenters. The van der Waals surface area contributed by atoms with Gasteiger partial charge in [0.2, 0.25) is 0 Å². The van der Waals surface area contributed by atoms with Gasteiger partial charge >= 0.3 is 0 Å². The number of rotatable bonds is 1. The molecular weight excluding hydrogens is 250 g/mol. The first-order chi connectivity index (χ1) is 8.55. The fourth-order valence-corrected chi connectivity index (χ4v) is 5.45. The second-order valence-corrected chi connectivity index (χ2v) is 8.32. The average Bonchev–Trinajstić information content (AvgIpc) is 2.28. The van der Waals surface area contributed by atoms with E-state index < -0.39 is 9.84 Å². The number of ketones is 1. The van der Waals surface area contributed by atoms with E-state index in [0.717, 1.165) is 25.7 Å². The lowest BCUT2D eigenvalue weighted by molar-refractivity contribution is -0.129. The van der Waals surface area contributed by atoms with Gasteiger partial charge in [0.25, 0.3) is 0 Å². The maximum atomic E-state index is 11.7. The van der Waals surface area contributed by atoms with Gasteiger partial charge in [0, 0.05) is 31.0 Å². The van der Waals surface area contributed by atoms with Crippen LogP contribution in [-0.2, 0) is 14.6 Å². The highest BCUT2D eigenvalue weighted by molar-refractivity contribution is 7.91. The number of sulfone groups is 1. The first-order valence-electron chi connectivity index (χ1n) is 7.05. The zero-order valence-corrected chi connectivity index (χ0v) is 11.5. The lowest BCUT2D eigenvalue weighted by Crippen LogP contribution is -2.58. The summed E-state index contributed by atoms with van der Waals surface area (Å²) in [5, 5.41) is 0. The van der Waals surface area contributed by atoms with Gasteiger partial charge in [-0.3, -0.25) is 9.69 Å². The molecule has 18 heavy (non-hydrogen) atoms. The van der Waals surface area contributed by atoms with Crippen LogP contribution in [0.15, 0.2) is 0 Å². The highest BCUT2D eigenvalue weighted by atomic mass is 32.2. The van der Waals surface area contributed by atoms with E-state index >= 15 is 0 Å². The molecule has 0 aromatic carbocycles. The summed E-state index contributed by atoms with van der Waals surface area (Å²) >= 11 is 0. The van der Waals surface area contributed by atoms with Gasteiger partial charge < -0.3 is 0 Å². The minimum absolute atomic E-state index is 0.335. The number of hydrogen-bond acceptors (Lipinski definition) is 4. The van der Waals surface area contributed by atoms with Crippen LogP contribution in [0.25, 0.3) is 0 Å². The number of carbonyl (C=O) groups excluding carboxylic acids is 1. The van der Waals surface area contributed by atoms with Gasteiger partial charge in [-0.1, -0.05) is 6.42 Å².